The molecule has 6 bridgehead atoms. The molecular weight excluding hydrogens is 176 g/mol. The molecule has 0 heterocycles. The smallest absolute Gasteiger partial charge is 0.307 e. The molecule has 14 heavy (non-hydrogen) atoms. The number of rotatable bonds is 1. The van der Waals surface area contributed by atoms with Crippen LogP contribution in [0.3, 0.4) is 0 Å². The largest absolute Gasteiger partial charge is 0.481 e. The van der Waals surface area contributed by atoms with Gasteiger partial charge in [-0.2, -0.15) is 0 Å². The molecule has 0 amide bonds. The molecule has 74 valence electrons. The standard InChI is InChI=1S/C12H14O2/c13-12(14)11-9-5-1-3-4-2-6(7(3)9)10(11)8(4)5/h3-11H,1-2H2,(H,13,14)/t3-,4-,5-,6-,7-,8-,9-,10-/m0/s1. The minimum atomic E-state index is -0.469. The molecule has 2 heteroatoms. The van der Waals surface area contributed by atoms with Crippen molar-refractivity contribution in [2.45, 2.75) is 12.8 Å². The van der Waals surface area contributed by atoms with Gasteiger partial charge in [0, 0.05) is 0 Å². The van der Waals surface area contributed by atoms with Gasteiger partial charge in [-0.15, -0.1) is 0 Å². The Morgan fingerprint density at radius 2 is 1.36 bits per heavy atom. The second kappa shape index (κ2) is 1.66. The van der Waals surface area contributed by atoms with Gasteiger partial charge in [0.15, 0.2) is 0 Å². The number of aliphatic carboxylic acids is 1. The third-order valence-corrected chi connectivity index (χ3v) is 6.61. The lowest BCUT2D eigenvalue weighted by Crippen LogP contribution is -2.30. The summed E-state index contributed by atoms with van der Waals surface area (Å²) in [6, 6.07) is 0. The maximum atomic E-state index is 11.3. The van der Waals surface area contributed by atoms with Crippen LogP contribution in [0.1, 0.15) is 12.8 Å². The summed E-state index contributed by atoms with van der Waals surface area (Å²) in [6.07, 6.45) is 2.81. The van der Waals surface area contributed by atoms with E-state index >= 15 is 0 Å². The van der Waals surface area contributed by atoms with Crippen LogP contribution in [0.4, 0.5) is 0 Å². The van der Waals surface area contributed by atoms with Crippen LogP contribution in [0.2, 0.25) is 0 Å². The predicted molar refractivity (Wildman–Crippen MR) is 48.3 cm³/mol. The van der Waals surface area contributed by atoms with Gasteiger partial charge >= 0.3 is 5.97 Å². The molecular formula is C12H14O2. The van der Waals surface area contributed by atoms with Crippen LogP contribution in [0.15, 0.2) is 0 Å². The molecule has 1 N–H and O–H groups in total. The van der Waals surface area contributed by atoms with Gasteiger partial charge < -0.3 is 5.11 Å². The zero-order valence-electron chi connectivity index (χ0n) is 7.97. The van der Waals surface area contributed by atoms with E-state index in [0.717, 1.165) is 35.5 Å². The normalized spacial score (nSPS) is 74.4. The monoisotopic (exact) mass is 190 g/mol. The third kappa shape index (κ3) is 0.409. The SMILES string of the molecule is O=C(O)C1[C@H]2[C@H]3C[C@H]4[C@@H]5C[C@H]([C@H]1[C@H]35)[C@H]42. The van der Waals surface area contributed by atoms with Gasteiger partial charge in [0.05, 0.1) is 5.92 Å². The molecule has 0 aliphatic heterocycles. The van der Waals surface area contributed by atoms with Gasteiger partial charge in [0.25, 0.3) is 0 Å². The van der Waals surface area contributed by atoms with Crippen molar-refractivity contribution in [3.8, 4) is 0 Å². The van der Waals surface area contributed by atoms with E-state index in [1.165, 1.54) is 12.8 Å². The van der Waals surface area contributed by atoms with Crippen molar-refractivity contribution in [3.63, 3.8) is 0 Å². The molecule has 6 saturated carbocycles. The number of carbonyl (C=O) groups is 1. The molecule has 6 aliphatic carbocycles. The van der Waals surface area contributed by atoms with Crippen molar-refractivity contribution < 1.29 is 9.90 Å². The highest BCUT2D eigenvalue weighted by Crippen LogP contribution is 2.84. The first-order valence-electron chi connectivity index (χ1n) is 6.02. The lowest BCUT2D eigenvalue weighted by Gasteiger charge is -2.33. The van der Waals surface area contributed by atoms with E-state index in [0.29, 0.717) is 11.8 Å². The average Bonchev–Trinajstić information content (AvgIpc) is 2.76. The van der Waals surface area contributed by atoms with E-state index in [-0.39, 0.29) is 5.92 Å². The fraction of sp³-hybridized carbons (Fsp3) is 0.917. The van der Waals surface area contributed by atoms with Gasteiger partial charge in [-0.25, -0.2) is 0 Å². The highest BCUT2D eigenvalue weighted by Gasteiger charge is 2.81. The molecule has 0 aromatic rings. The summed E-state index contributed by atoms with van der Waals surface area (Å²) in [5.41, 5.74) is 0. The first-order chi connectivity index (χ1) is 6.79. The second-order valence-corrected chi connectivity index (χ2v) is 6.30. The first kappa shape index (κ1) is 6.86. The summed E-state index contributed by atoms with van der Waals surface area (Å²) in [7, 11) is 0. The molecule has 6 aliphatic rings. The van der Waals surface area contributed by atoms with Crippen LogP contribution in [-0.4, -0.2) is 11.1 Å². The molecule has 8 atom stereocenters. The quantitative estimate of drug-likeness (QED) is 0.679. The average molecular weight is 190 g/mol. The lowest BCUT2D eigenvalue weighted by atomic mass is 9.71. The number of hydrogen-bond acceptors (Lipinski definition) is 1. The van der Waals surface area contributed by atoms with Crippen molar-refractivity contribution in [1.82, 2.24) is 0 Å². The fourth-order valence-corrected chi connectivity index (χ4v) is 6.95. The van der Waals surface area contributed by atoms with Gasteiger partial charge in [-0.3, -0.25) is 4.79 Å². The van der Waals surface area contributed by atoms with Crippen LogP contribution >= 0.6 is 0 Å². The Balaban J connectivity index is 1.77. The highest BCUT2D eigenvalue weighted by molar-refractivity contribution is 5.73. The van der Waals surface area contributed by atoms with E-state index in [1.54, 1.807) is 0 Å². The van der Waals surface area contributed by atoms with Crippen molar-refractivity contribution in [2.75, 3.05) is 0 Å². The van der Waals surface area contributed by atoms with Crippen molar-refractivity contribution in [3.05, 3.63) is 0 Å². The minimum absolute atomic E-state index is 0.0810. The van der Waals surface area contributed by atoms with Crippen LogP contribution in [0.25, 0.3) is 0 Å². The Morgan fingerprint density at radius 1 is 0.857 bits per heavy atom. The Hall–Kier alpha value is -0.530. The van der Waals surface area contributed by atoms with E-state index in [4.69, 9.17) is 0 Å². The zero-order valence-corrected chi connectivity index (χ0v) is 7.97. The summed E-state index contributed by atoms with van der Waals surface area (Å²) in [5, 5.41) is 9.33. The van der Waals surface area contributed by atoms with Gasteiger partial charge in [-0.05, 0) is 60.2 Å². The van der Waals surface area contributed by atoms with Crippen LogP contribution in [-0.2, 0) is 4.79 Å². The van der Waals surface area contributed by atoms with Crippen molar-refractivity contribution in [1.29, 1.82) is 0 Å². The summed E-state index contributed by atoms with van der Waals surface area (Å²) < 4.78 is 0. The molecule has 0 saturated heterocycles. The summed E-state index contributed by atoms with van der Waals surface area (Å²) in [5.74, 6) is 6.22. The Bertz CT molecular complexity index is 335. The topological polar surface area (TPSA) is 37.3 Å². The maximum absolute atomic E-state index is 11.3. The summed E-state index contributed by atoms with van der Waals surface area (Å²) >= 11 is 0. The van der Waals surface area contributed by atoms with Gasteiger partial charge in [0.1, 0.15) is 0 Å². The molecule has 0 aromatic carbocycles. The van der Waals surface area contributed by atoms with E-state index < -0.39 is 5.97 Å². The van der Waals surface area contributed by atoms with E-state index in [1.807, 2.05) is 0 Å². The third-order valence-electron chi connectivity index (χ3n) is 6.61. The Kier molecular flexibility index (Phi) is 0.812. The Morgan fingerprint density at radius 3 is 1.79 bits per heavy atom. The van der Waals surface area contributed by atoms with Crippen LogP contribution < -0.4 is 0 Å². The first-order valence-corrected chi connectivity index (χ1v) is 6.02. The molecule has 0 aromatic heterocycles. The summed E-state index contributed by atoms with van der Waals surface area (Å²) in [6.45, 7) is 0. The molecule has 0 unspecified atom stereocenters. The second-order valence-electron chi connectivity index (χ2n) is 6.30. The molecule has 6 fully saturated rings. The number of carboxylic acid groups (broad SMARTS) is 1. The van der Waals surface area contributed by atoms with Crippen molar-refractivity contribution in [2.24, 2.45) is 53.3 Å². The molecule has 2 nitrogen and oxygen atoms in total. The Labute approximate surface area is 82.7 Å². The number of carboxylic acids is 1. The molecule has 6 rings (SSSR count). The fourth-order valence-electron chi connectivity index (χ4n) is 6.95. The van der Waals surface area contributed by atoms with E-state index in [9.17, 15) is 9.90 Å². The minimum Gasteiger partial charge on any atom is -0.481 e. The van der Waals surface area contributed by atoms with Gasteiger partial charge in [-0.1, -0.05) is 0 Å². The lowest BCUT2D eigenvalue weighted by molar-refractivity contribution is -0.143. The number of hydrogen-bond donors (Lipinski definition) is 1. The predicted octanol–water partition coefficient (Wildman–Crippen LogP) is 1.47. The van der Waals surface area contributed by atoms with Crippen LogP contribution in [0.5, 0.6) is 0 Å². The van der Waals surface area contributed by atoms with Gasteiger partial charge in [0.2, 0.25) is 0 Å². The zero-order chi connectivity index (χ0) is 9.19. The van der Waals surface area contributed by atoms with E-state index in [2.05, 4.69) is 0 Å². The highest BCUT2D eigenvalue weighted by atomic mass is 16.4. The summed E-state index contributed by atoms with van der Waals surface area (Å²) in [4.78, 5) is 11.3. The molecule has 0 radical (unpaired) electrons. The maximum Gasteiger partial charge on any atom is 0.307 e. The molecule has 0 spiro atoms. The van der Waals surface area contributed by atoms with Crippen LogP contribution in [0, 0.1) is 53.3 Å². The van der Waals surface area contributed by atoms with Crippen molar-refractivity contribution >= 4 is 5.97 Å².